The smallest absolute Gasteiger partial charge is 0.160 e. The highest BCUT2D eigenvalue weighted by atomic mass is 16.5. The monoisotopic (exact) mass is 445 g/mol. The molecule has 1 unspecified atom stereocenters. The molecule has 174 valence electrons. The van der Waals surface area contributed by atoms with Crippen LogP contribution in [0.4, 0.5) is 0 Å². The molecule has 0 heterocycles. The first-order valence-corrected chi connectivity index (χ1v) is 11.5. The molecule has 1 atom stereocenters. The first-order chi connectivity index (χ1) is 16.1. The summed E-state index contributed by atoms with van der Waals surface area (Å²) in [6, 6.07) is 23.2. The van der Waals surface area contributed by atoms with Gasteiger partial charge >= 0.3 is 0 Å². The molecule has 0 saturated carbocycles. The van der Waals surface area contributed by atoms with Crippen LogP contribution in [0.2, 0.25) is 0 Å². The summed E-state index contributed by atoms with van der Waals surface area (Å²) in [6.07, 6.45) is 7.33. The minimum Gasteiger partial charge on any atom is -0.497 e. The molecule has 0 aliphatic heterocycles. The number of ether oxygens (including phenoxy) is 3. The largest absolute Gasteiger partial charge is 0.497 e. The summed E-state index contributed by atoms with van der Waals surface area (Å²) in [5.74, 6) is 2.44. The lowest BCUT2D eigenvalue weighted by Crippen LogP contribution is -2.28. The molecule has 0 aromatic heterocycles. The summed E-state index contributed by atoms with van der Waals surface area (Å²) in [4.78, 5) is 0. The molecular formula is C29H35NO3. The zero-order chi connectivity index (χ0) is 23.5. The molecule has 3 rings (SSSR count). The van der Waals surface area contributed by atoms with Crippen molar-refractivity contribution in [2.24, 2.45) is 0 Å². The van der Waals surface area contributed by atoms with Crippen LogP contribution in [-0.2, 0) is 12.8 Å². The lowest BCUT2D eigenvalue weighted by atomic mass is 9.99. The highest BCUT2D eigenvalue weighted by Crippen LogP contribution is 2.27. The van der Waals surface area contributed by atoms with Crippen LogP contribution < -0.4 is 19.5 Å². The number of methoxy groups -OCH3 is 3. The zero-order valence-corrected chi connectivity index (χ0v) is 20.1. The molecule has 3 aromatic carbocycles. The van der Waals surface area contributed by atoms with Crippen molar-refractivity contribution < 1.29 is 14.2 Å². The topological polar surface area (TPSA) is 39.7 Å². The number of aryl methyl sites for hydroxylation is 1. The third kappa shape index (κ3) is 7.40. The van der Waals surface area contributed by atoms with E-state index in [4.69, 9.17) is 14.2 Å². The molecule has 1 N–H and O–H groups in total. The normalized spacial score (nSPS) is 12.0. The first-order valence-electron chi connectivity index (χ1n) is 11.5. The Bertz CT molecular complexity index is 1030. The molecule has 33 heavy (non-hydrogen) atoms. The van der Waals surface area contributed by atoms with Gasteiger partial charge in [0.2, 0.25) is 0 Å². The predicted molar refractivity (Wildman–Crippen MR) is 137 cm³/mol. The average Bonchev–Trinajstić information content (AvgIpc) is 2.86. The van der Waals surface area contributed by atoms with Gasteiger partial charge in [0.15, 0.2) is 11.5 Å². The van der Waals surface area contributed by atoms with Crippen LogP contribution in [-0.4, -0.2) is 33.9 Å². The first kappa shape index (κ1) is 24.4. The Kier molecular flexibility index (Phi) is 9.40. The molecule has 3 aromatic rings. The van der Waals surface area contributed by atoms with E-state index in [0.717, 1.165) is 43.1 Å². The fraction of sp³-hybridized carbons (Fsp3) is 0.310. The van der Waals surface area contributed by atoms with E-state index in [1.165, 1.54) is 22.3 Å². The highest BCUT2D eigenvalue weighted by molar-refractivity contribution is 5.71. The van der Waals surface area contributed by atoms with Gasteiger partial charge in [0.1, 0.15) is 5.75 Å². The third-order valence-electron chi connectivity index (χ3n) is 5.81. The molecule has 0 radical (unpaired) electrons. The van der Waals surface area contributed by atoms with E-state index in [0.29, 0.717) is 6.04 Å². The Balaban J connectivity index is 1.55. The molecule has 0 saturated heterocycles. The van der Waals surface area contributed by atoms with Crippen LogP contribution in [0.15, 0.2) is 66.7 Å². The molecular weight excluding hydrogens is 410 g/mol. The minimum atomic E-state index is 0.405. The second kappa shape index (κ2) is 12.7. The summed E-state index contributed by atoms with van der Waals surface area (Å²) in [7, 11) is 5.05. The summed E-state index contributed by atoms with van der Waals surface area (Å²) in [5, 5.41) is 3.65. The van der Waals surface area contributed by atoms with Gasteiger partial charge in [-0.3, -0.25) is 0 Å². The van der Waals surface area contributed by atoms with Crippen LogP contribution in [0, 0.1) is 0 Å². The van der Waals surface area contributed by atoms with Gasteiger partial charge < -0.3 is 19.5 Å². The van der Waals surface area contributed by atoms with Gasteiger partial charge in [-0.1, -0.05) is 54.6 Å². The molecule has 0 aliphatic carbocycles. The van der Waals surface area contributed by atoms with Crippen LogP contribution in [0.5, 0.6) is 17.2 Å². The van der Waals surface area contributed by atoms with Gasteiger partial charge in [-0.15, -0.1) is 0 Å². The molecule has 0 bridgehead atoms. The number of benzene rings is 3. The van der Waals surface area contributed by atoms with Gasteiger partial charge in [-0.2, -0.15) is 0 Å². The van der Waals surface area contributed by atoms with Crippen molar-refractivity contribution in [3.8, 4) is 17.2 Å². The highest BCUT2D eigenvalue weighted by Gasteiger charge is 2.08. The molecule has 0 spiro atoms. The molecule has 0 amide bonds. The SMILES string of the molecule is COc1ccc(/C=C/c2ccccc2)c(CCC(C)NCCc2ccc(OC)c(OC)c2)c1. The van der Waals surface area contributed by atoms with Crippen LogP contribution in [0.1, 0.15) is 35.6 Å². The standard InChI is InChI=1S/C29H35NO3/c1-22(30-19-18-24-12-17-28(32-3)29(20-24)33-4)10-13-26-21-27(31-2)16-15-25(26)14-11-23-8-6-5-7-9-23/h5-9,11-12,14-17,20-22,30H,10,13,18-19H2,1-4H3/b14-11+. The maximum Gasteiger partial charge on any atom is 0.160 e. The Hall–Kier alpha value is -3.24. The van der Waals surface area contributed by atoms with Gasteiger partial charge in [0.05, 0.1) is 21.3 Å². The van der Waals surface area contributed by atoms with E-state index in [-0.39, 0.29) is 0 Å². The molecule has 4 nitrogen and oxygen atoms in total. The molecule has 0 fully saturated rings. The summed E-state index contributed by atoms with van der Waals surface area (Å²) in [6.45, 7) is 3.16. The van der Waals surface area contributed by atoms with Crippen molar-refractivity contribution in [1.29, 1.82) is 0 Å². The molecule has 0 aliphatic rings. The predicted octanol–water partition coefficient (Wildman–Crippen LogP) is 6.04. The van der Waals surface area contributed by atoms with Crippen LogP contribution >= 0.6 is 0 Å². The lowest BCUT2D eigenvalue weighted by molar-refractivity contribution is 0.354. The van der Waals surface area contributed by atoms with Crippen molar-refractivity contribution >= 4 is 12.2 Å². The summed E-state index contributed by atoms with van der Waals surface area (Å²) in [5.41, 5.74) is 4.96. The third-order valence-corrected chi connectivity index (χ3v) is 5.81. The Labute approximate surface area is 198 Å². The molecule has 4 heteroatoms. The van der Waals surface area contributed by atoms with E-state index in [1.54, 1.807) is 21.3 Å². The van der Waals surface area contributed by atoms with E-state index < -0.39 is 0 Å². The fourth-order valence-corrected chi connectivity index (χ4v) is 3.81. The number of rotatable bonds is 12. The van der Waals surface area contributed by atoms with Gasteiger partial charge in [0.25, 0.3) is 0 Å². The van der Waals surface area contributed by atoms with E-state index in [1.807, 2.05) is 24.3 Å². The average molecular weight is 446 g/mol. The van der Waals surface area contributed by atoms with E-state index >= 15 is 0 Å². The van der Waals surface area contributed by atoms with Crippen LogP contribution in [0.3, 0.4) is 0 Å². The van der Waals surface area contributed by atoms with E-state index in [2.05, 4.69) is 66.9 Å². The second-order valence-corrected chi connectivity index (χ2v) is 8.14. The summed E-state index contributed by atoms with van der Waals surface area (Å²) < 4.78 is 16.2. The van der Waals surface area contributed by atoms with Gasteiger partial charge in [0, 0.05) is 6.04 Å². The maximum atomic E-state index is 5.47. The van der Waals surface area contributed by atoms with Gasteiger partial charge in [-0.25, -0.2) is 0 Å². The summed E-state index contributed by atoms with van der Waals surface area (Å²) >= 11 is 0. The van der Waals surface area contributed by atoms with Gasteiger partial charge in [-0.05, 0) is 79.3 Å². The van der Waals surface area contributed by atoms with Crippen LogP contribution in [0.25, 0.3) is 12.2 Å². The quantitative estimate of drug-likeness (QED) is 0.345. The number of nitrogens with one attached hydrogen (secondary N) is 1. The minimum absolute atomic E-state index is 0.405. The fourth-order valence-electron chi connectivity index (χ4n) is 3.81. The Morgan fingerprint density at radius 3 is 2.30 bits per heavy atom. The maximum absolute atomic E-state index is 5.47. The number of hydrogen-bond donors (Lipinski definition) is 1. The zero-order valence-electron chi connectivity index (χ0n) is 20.1. The Morgan fingerprint density at radius 2 is 1.58 bits per heavy atom. The van der Waals surface area contributed by atoms with Crippen molar-refractivity contribution in [3.63, 3.8) is 0 Å². The van der Waals surface area contributed by atoms with Crippen molar-refractivity contribution in [1.82, 2.24) is 5.32 Å². The number of hydrogen-bond acceptors (Lipinski definition) is 4. The van der Waals surface area contributed by atoms with Crippen molar-refractivity contribution in [3.05, 3.63) is 89.0 Å². The lowest BCUT2D eigenvalue weighted by Gasteiger charge is -2.16. The second-order valence-electron chi connectivity index (χ2n) is 8.14. The van der Waals surface area contributed by atoms with E-state index in [9.17, 15) is 0 Å². The van der Waals surface area contributed by atoms with Crippen molar-refractivity contribution in [2.75, 3.05) is 27.9 Å². The Morgan fingerprint density at radius 1 is 0.788 bits per heavy atom. The van der Waals surface area contributed by atoms with Crippen molar-refractivity contribution in [2.45, 2.75) is 32.2 Å².